The van der Waals surface area contributed by atoms with Crippen LogP contribution in [0, 0.1) is 0 Å². The van der Waals surface area contributed by atoms with Crippen molar-refractivity contribution in [3.63, 3.8) is 0 Å². The van der Waals surface area contributed by atoms with Crippen molar-refractivity contribution in [1.29, 1.82) is 0 Å². The first-order valence-electron chi connectivity index (χ1n) is 11.2. The summed E-state index contributed by atoms with van der Waals surface area (Å²) in [4.78, 5) is 12.3. The van der Waals surface area contributed by atoms with Crippen LogP contribution in [0.1, 0.15) is 36.2 Å². The van der Waals surface area contributed by atoms with Gasteiger partial charge in [-0.05, 0) is 48.2 Å². The summed E-state index contributed by atoms with van der Waals surface area (Å²) in [7, 11) is 0. The second kappa shape index (κ2) is 11.9. The van der Waals surface area contributed by atoms with E-state index in [9.17, 15) is 4.79 Å². The van der Waals surface area contributed by atoms with Crippen LogP contribution in [0.4, 0.5) is 0 Å². The molecule has 178 valence electrons. The molecule has 2 heterocycles. The molecule has 0 unspecified atom stereocenters. The lowest BCUT2D eigenvalue weighted by molar-refractivity contribution is -0.121. The zero-order valence-corrected chi connectivity index (χ0v) is 20.4. The Hall–Kier alpha value is -2.97. The molecule has 1 aliphatic rings. The van der Waals surface area contributed by atoms with Gasteiger partial charge in [-0.2, -0.15) is 0 Å². The Labute approximate surface area is 208 Å². The lowest BCUT2D eigenvalue weighted by Crippen LogP contribution is -2.22. The van der Waals surface area contributed by atoms with E-state index < -0.39 is 0 Å². The van der Waals surface area contributed by atoms with Crippen LogP contribution in [0.3, 0.4) is 0 Å². The molecule has 0 atom stereocenters. The highest BCUT2D eigenvalue weighted by Gasteiger charge is 2.14. The molecule has 9 heteroatoms. The van der Waals surface area contributed by atoms with E-state index in [1.165, 1.54) is 0 Å². The molecule has 2 aromatic carbocycles. The number of fused-ring (bicyclic) bond motifs is 1. The first kappa shape index (κ1) is 24.2. The first-order valence-corrected chi connectivity index (χ1v) is 12.5. The molecule has 34 heavy (non-hydrogen) atoms. The monoisotopic (exact) mass is 498 g/mol. The fourth-order valence-electron chi connectivity index (χ4n) is 3.61. The number of unbranched alkanes of at least 4 members (excludes halogenated alkanes) is 1. The van der Waals surface area contributed by atoms with Gasteiger partial charge in [0.1, 0.15) is 5.82 Å². The number of nitrogens with one attached hydrogen (secondary N) is 1. The van der Waals surface area contributed by atoms with Crippen LogP contribution in [0.5, 0.6) is 11.5 Å². The van der Waals surface area contributed by atoms with Crippen molar-refractivity contribution in [1.82, 2.24) is 20.1 Å². The lowest BCUT2D eigenvalue weighted by Gasteiger charge is -2.08. The molecule has 1 N–H and O–H groups in total. The number of hydrogen-bond donors (Lipinski definition) is 1. The predicted molar refractivity (Wildman–Crippen MR) is 133 cm³/mol. The summed E-state index contributed by atoms with van der Waals surface area (Å²) >= 11 is 7.71. The highest BCUT2D eigenvalue weighted by molar-refractivity contribution is 7.98. The molecule has 0 aliphatic carbocycles. The third-order valence-corrected chi connectivity index (χ3v) is 6.62. The van der Waals surface area contributed by atoms with E-state index in [1.54, 1.807) is 11.8 Å². The van der Waals surface area contributed by atoms with Gasteiger partial charge in [-0.15, -0.1) is 16.8 Å². The van der Waals surface area contributed by atoms with Crippen LogP contribution in [-0.2, 0) is 30.1 Å². The van der Waals surface area contributed by atoms with Gasteiger partial charge in [-0.25, -0.2) is 0 Å². The molecule has 0 fully saturated rings. The van der Waals surface area contributed by atoms with E-state index >= 15 is 0 Å². The van der Waals surface area contributed by atoms with Gasteiger partial charge in [-0.3, -0.25) is 4.79 Å². The van der Waals surface area contributed by atoms with Crippen LogP contribution >= 0.6 is 23.4 Å². The minimum atomic E-state index is 0.0305. The normalized spacial score (nSPS) is 12.0. The summed E-state index contributed by atoms with van der Waals surface area (Å²) in [6, 6.07) is 13.5. The quantitative estimate of drug-likeness (QED) is 0.211. The number of aryl methyl sites for hydroxylation is 1. The summed E-state index contributed by atoms with van der Waals surface area (Å²) in [5, 5.41) is 13.3. The van der Waals surface area contributed by atoms with Crippen molar-refractivity contribution in [3.05, 3.63) is 77.1 Å². The zero-order valence-electron chi connectivity index (χ0n) is 18.8. The minimum absolute atomic E-state index is 0.0305. The number of carbonyl (C=O) groups is 1. The number of allylic oxidation sites excluding steroid dienone is 1. The SMILES string of the molecule is C=CCn1c(CCCCC(=O)NCc2ccc3c(c2)OCO3)nnc1SCc1cccc(Cl)c1. The maximum absolute atomic E-state index is 12.3. The Bertz CT molecular complexity index is 1150. The molecule has 0 saturated heterocycles. The largest absolute Gasteiger partial charge is 0.454 e. The van der Waals surface area contributed by atoms with E-state index in [2.05, 4.69) is 26.7 Å². The molecule has 1 aromatic heterocycles. The molecule has 0 spiro atoms. The van der Waals surface area contributed by atoms with Gasteiger partial charge in [0.15, 0.2) is 16.7 Å². The minimum Gasteiger partial charge on any atom is -0.454 e. The number of nitrogens with zero attached hydrogens (tertiary/aromatic N) is 3. The van der Waals surface area contributed by atoms with E-state index in [0.29, 0.717) is 19.5 Å². The number of thioether (sulfide) groups is 1. The van der Waals surface area contributed by atoms with Crippen LogP contribution in [0.2, 0.25) is 5.02 Å². The number of rotatable bonds is 12. The molecular weight excluding hydrogens is 472 g/mol. The summed E-state index contributed by atoms with van der Waals surface area (Å²) < 4.78 is 12.8. The Morgan fingerprint density at radius 2 is 2.03 bits per heavy atom. The van der Waals surface area contributed by atoms with Crippen LogP contribution in [0.25, 0.3) is 0 Å². The highest BCUT2D eigenvalue weighted by atomic mass is 35.5. The van der Waals surface area contributed by atoms with Crippen molar-refractivity contribution in [2.45, 2.75) is 49.7 Å². The Morgan fingerprint density at radius 3 is 2.88 bits per heavy atom. The van der Waals surface area contributed by atoms with Crippen LogP contribution < -0.4 is 14.8 Å². The van der Waals surface area contributed by atoms with Gasteiger partial charge < -0.3 is 19.4 Å². The molecule has 1 aliphatic heterocycles. The molecule has 0 saturated carbocycles. The average molecular weight is 499 g/mol. The molecule has 0 radical (unpaired) electrons. The van der Waals surface area contributed by atoms with Crippen LogP contribution in [-0.4, -0.2) is 27.5 Å². The second-order valence-electron chi connectivity index (χ2n) is 7.89. The van der Waals surface area contributed by atoms with Crippen molar-refractivity contribution in [3.8, 4) is 11.5 Å². The third kappa shape index (κ3) is 6.55. The number of amides is 1. The van der Waals surface area contributed by atoms with Crippen molar-refractivity contribution >= 4 is 29.3 Å². The molecule has 3 aromatic rings. The standard InChI is InChI=1S/C25H27ClN4O3S/c1-2-12-30-23(28-29-25(30)34-16-19-6-5-7-20(26)13-19)8-3-4-9-24(31)27-15-18-10-11-21-22(14-18)33-17-32-21/h2,5-7,10-11,13-14H,1,3-4,8-9,12,15-17H2,(H,27,31). The molecular formula is C25H27ClN4O3S. The van der Waals surface area contributed by atoms with E-state index in [4.69, 9.17) is 21.1 Å². The zero-order chi connectivity index (χ0) is 23.8. The van der Waals surface area contributed by atoms with E-state index in [0.717, 1.165) is 63.6 Å². The number of benzene rings is 2. The fourth-order valence-corrected chi connectivity index (χ4v) is 4.73. The van der Waals surface area contributed by atoms with Gasteiger partial charge in [0.05, 0.1) is 0 Å². The fraction of sp³-hybridized carbons (Fsp3) is 0.320. The van der Waals surface area contributed by atoms with Gasteiger partial charge >= 0.3 is 0 Å². The summed E-state index contributed by atoms with van der Waals surface area (Å²) in [6.07, 6.45) is 4.70. The first-order chi connectivity index (χ1) is 16.6. The number of carbonyl (C=O) groups excluding carboxylic acids is 1. The predicted octanol–water partition coefficient (Wildman–Crippen LogP) is 5.17. The molecule has 1 amide bonds. The molecule has 0 bridgehead atoms. The Kier molecular flexibility index (Phi) is 8.49. The van der Waals surface area contributed by atoms with Gasteiger partial charge in [0.25, 0.3) is 0 Å². The summed E-state index contributed by atoms with van der Waals surface area (Å²) in [6.45, 7) is 5.22. The Balaban J connectivity index is 1.21. The number of hydrogen-bond acceptors (Lipinski definition) is 6. The van der Waals surface area contributed by atoms with Crippen molar-refractivity contribution in [2.75, 3.05) is 6.79 Å². The van der Waals surface area contributed by atoms with Crippen molar-refractivity contribution in [2.24, 2.45) is 0 Å². The second-order valence-corrected chi connectivity index (χ2v) is 9.27. The van der Waals surface area contributed by atoms with Crippen molar-refractivity contribution < 1.29 is 14.3 Å². The topological polar surface area (TPSA) is 78.3 Å². The maximum atomic E-state index is 12.3. The molecule has 4 rings (SSSR count). The summed E-state index contributed by atoms with van der Waals surface area (Å²) in [5.74, 6) is 3.17. The Morgan fingerprint density at radius 1 is 1.15 bits per heavy atom. The summed E-state index contributed by atoms with van der Waals surface area (Å²) in [5.41, 5.74) is 2.12. The number of aromatic nitrogens is 3. The maximum Gasteiger partial charge on any atom is 0.231 e. The third-order valence-electron chi connectivity index (χ3n) is 5.34. The smallest absolute Gasteiger partial charge is 0.231 e. The molecule has 7 nitrogen and oxygen atoms in total. The van der Waals surface area contributed by atoms with E-state index in [1.807, 2.05) is 48.5 Å². The lowest BCUT2D eigenvalue weighted by atomic mass is 10.1. The van der Waals surface area contributed by atoms with E-state index in [-0.39, 0.29) is 12.7 Å². The van der Waals surface area contributed by atoms with Gasteiger partial charge in [0, 0.05) is 36.7 Å². The number of halogens is 1. The van der Waals surface area contributed by atoms with Crippen LogP contribution in [0.15, 0.2) is 60.3 Å². The average Bonchev–Trinajstić information content (AvgIpc) is 3.46. The van der Waals surface area contributed by atoms with Gasteiger partial charge in [-0.1, -0.05) is 47.6 Å². The van der Waals surface area contributed by atoms with Gasteiger partial charge in [0.2, 0.25) is 12.7 Å². The number of ether oxygens (including phenoxy) is 2. The highest BCUT2D eigenvalue weighted by Crippen LogP contribution is 2.32.